The standard InChI is InChI=1S/C18H20N2OS/c1-12(2)19-18(21)16-10-17-15(8-9-22-17)20(16)11-14-6-4-13(3)5-7-14/h4-10,12H,11H2,1-3H3,(H,19,21). The number of nitrogens with one attached hydrogen (secondary N) is 1. The largest absolute Gasteiger partial charge is 0.349 e. The minimum absolute atomic E-state index is 0.00879. The SMILES string of the molecule is Cc1ccc(Cn2c(C(=O)NC(C)C)cc3sccc32)cc1. The molecule has 2 heterocycles. The van der Waals surface area contributed by atoms with Gasteiger partial charge in [0, 0.05) is 12.6 Å². The molecular formula is C18H20N2OS. The third kappa shape index (κ3) is 2.92. The van der Waals surface area contributed by atoms with Crippen molar-refractivity contribution in [3.05, 3.63) is 58.6 Å². The van der Waals surface area contributed by atoms with Crippen molar-refractivity contribution >= 4 is 27.5 Å². The molecule has 0 aliphatic rings. The lowest BCUT2D eigenvalue weighted by Crippen LogP contribution is -2.31. The van der Waals surface area contributed by atoms with Gasteiger partial charge in [-0.1, -0.05) is 29.8 Å². The highest BCUT2D eigenvalue weighted by atomic mass is 32.1. The first kappa shape index (κ1) is 14.9. The fourth-order valence-corrected chi connectivity index (χ4v) is 3.37. The fourth-order valence-electron chi connectivity index (χ4n) is 2.55. The Morgan fingerprint density at radius 2 is 1.95 bits per heavy atom. The summed E-state index contributed by atoms with van der Waals surface area (Å²) in [6.07, 6.45) is 0. The Balaban J connectivity index is 2.00. The molecule has 0 aliphatic heterocycles. The summed E-state index contributed by atoms with van der Waals surface area (Å²) >= 11 is 1.67. The van der Waals surface area contributed by atoms with Gasteiger partial charge in [-0.05, 0) is 43.8 Å². The summed E-state index contributed by atoms with van der Waals surface area (Å²) in [4.78, 5) is 12.5. The lowest BCUT2D eigenvalue weighted by Gasteiger charge is -2.13. The summed E-state index contributed by atoms with van der Waals surface area (Å²) in [6.45, 7) is 6.75. The average Bonchev–Trinajstić information content (AvgIpc) is 3.03. The number of hydrogen-bond acceptors (Lipinski definition) is 2. The Labute approximate surface area is 134 Å². The van der Waals surface area contributed by atoms with E-state index in [0.29, 0.717) is 6.54 Å². The smallest absolute Gasteiger partial charge is 0.268 e. The van der Waals surface area contributed by atoms with Gasteiger partial charge in [0.15, 0.2) is 0 Å². The first-order chi connectivity index (χ1) is 10.5. The predicted octanol–water partition coefficient (Wildman–Crippen LogP) is 4.20. The van der Waals surface area contributed by atoms with E-state index in [1.165, 1.54) is 11.1 Å². The van der Waals surface area contributed by atoms with E-state index in [2.05, 4.69) is 52.5 Å². The van der Waals surface area contributed by atoms with Crippen molar-refractivity contribution in [2.24, 2.45) is 0 Å². The van der Waals surface area contributed by atoms with Crippen LogP contribution in [0.1, 0.15) is 35.5 Å². The molecule has 0 radical (unpaired) electrons. The molecule has 3 aromatic rings. The van der Waals surface area contributed by atoms with Crippen molar-refractivity contribution in [3.63, 3.8) is 0 Å². The van der Waals surface area contributed by atoms with Crippen LogP contribution in [0, 0.1) is 6.92 Å². The first-order valence-corrected chi connectivity index (χ1v) is 8.35. The highest BCUT2D eigenvalue weighted by molar-refractivity contribution is 7.17. The van der Waals surface area contributed by atoms with Gasteiger partial charge in [0.05, 0.1) is 10.2 Å². The summed E-state index contributed by atoms with van der Waals surface area (Å²) in [5.74, 6) is -0.00879. The van der Waals surface area contributed by atoms with E-state index in [1.54, 1.807) is 11.3 Å². The zero-order valence-electron chi connectivity index (χ0n) is 13.1. The zero-order chi connectivity index (χ0) is 15.7. The van der Waals surface area contributed by atoms with E-state index in [9.17, 15) is 4.79 Å². The van der Waals surface area contributed by atoms with E-state index in [4.69, 9.17) is 0 Å². The highest BCUT2D eigenvalue weighted by Crippen LogP contribution is 2.26. The van der Waals surface area contributed by atoms with Crippen LogP contribution in [-0.4, -0.2) is 16.5 Å². The average molecular weight is 312 g/mol. The normalized spacial score (nSPS) is 11.3. The molecule has 2 aromatic heterocycles. The predicted molar refractivity (Wildman–Crippen MR) is 92.7 cm³/mol. The van der Waals surface area contributed by atoms with Crippen LogP contribution < -0.4 is 5.32 Å². The molecule has 1 amide bonds. The summed E-state index contributed by atoms with van der Waals surface area (Å²) < 4.78 is 3.26. The number of carbonyl (C=O) groups excluding carboxylic acids is 1. The lowest BCUT2D eigenvalue weighted by atomic mass is 10.1. The van der Waals surface area contributed by atoms with Crippen molar-refractivity contribution in [3.8, 4) is 0 Å². The van der Waals surface area contributed by atoms with Crippen LogP contribution in [0.25, 0.3) is 10.2 Å². The molecule has 4 heteroatoms. The molecule has 0 saturated heterocycles. The molecular weight excluding hydrogens is 292 g/mol. The van der Waals surface area contributed by atoms with Crippen LogP contribution >= 0.6 is 11.3 Å². The molecule has 0 fully saturated rings. The number of hydrogen-bond donors (Lipinski definition) is 1. The van der Waals surface area contributed by atoms with Crippen LogP contribution in [0.5, 0.6) is 0 Å². The minimum Gasteiger partial charge on any atom is -0.349 e. The molecule has 22 heavy (non-hydrogen) atoms. The maximum absolute atomic E-state index is 12.5. The number of aromatic nitrogens is 1. The van der Waals surface area contributed by atoms with Gasteiger partial charge in [0.2, 0.25) is 0 Å². The van der Waals surface area contributed by atoms with Gasteiger partial charge >= 0.3 is 0 Å². The molecule has 0 spiro atoms. The van der Waals surface area contributed by atoms with E-state index in [0.717, 1.165) is 15.9 Å². The molecule has 3 nitrogen and oxygen atoms in total. The summed E-state index contributed by atoms with van der Waals surface area (Å²) in [6, 6.07) is 12.7. The van der Waals surface area contributed by atoms with Crippen molar-refractivity contribution in [2.75, 3.05) is 0 Å². The summed E-state index contributed by atoms with van der Waals surface area (Å²) in [5.41, 5.74) is 4.30. The van der Waals surface area contributed by atoms with Gasteiger partial charge in [-0.3, -0.25) is 4.79 Å². The van der Waals surface area contributed by atoms with E-state index in [1.807, 2.05) is 19.9 Å². The zero-order valence-corrected chi connectivity index (χ0v) is 13.9. The van der Waals surface area contributed by atoms with E-state index in [-0.39, 0.29) is 11.9 Å². The van der Waals surface area contributed by atoms with Crippen molar-refractivity contribution in [1.82, 2.24) is 9.88 Å². The number of rotatable bonds is 4. The molecule has 1 N–H and O–H groups in total. The maximum Gasteiger partial charge on any atom is 0.268 e. The van der Waals surface area contributed by atoms with Gasteiger partial charge in [-0.15, -0.1) is 11.3 Å². The van der Waals surface area contributed by atoms with Gasteiger partial charge < -0.3 is 9.88 Å². The quantitative estimate of drug-likeness (QED) is 0.770. The Kier molecular flexibility index (Phi) is 4.03. The molecule has 114 valence electrons. The van der Waals surface area contributed by atoms with Crippen LogP contribution in [0.3, 0.4) is 0 Å². The van der Waals surface area contributed by atoms with Gasteiger partial charge in [-0.2, -0.15) is 0 Å². The summed E-state index contributed by atoms with van der Waals surface area (Å²) in [5, 5.41) is 5.06. The molecule has 0 aliphatic carbocycles. The summed E-state index contributed by atoms with van der Waals surface area (Å²) in [7, 11) is 0. The Hall–Kier alpha value is -2.07. The topological polar surface area (TPSA) is 34.0 Å². The number of benzene rings is 1. The van der Waals surface area contributed by atoms with E-state index < -0.39 is 0 Å². The number of fused-ring (bicyclic) bond motifs is 1. The molecule has 0 saturated carbocycles. The third-order valence-electron chi connectivity index (χ3n) is 3.64. The molecule has 0 unspecified atom stereocenters. The Morgan fingerprint density at radius 3 is 2.64 bits per heavy atom. The van der Waals surface area contributed by atoms with Gasteiger partial charge in [-0.25, -0.2) is 0 Å². The minimum atomic E-state index is -0.00879. The van der Waals surface area contributed by atoms with Crippen LogP contribution in [0.15, 0.2) is 41.8 Å². The lowest BCUT2D eigenvalue weighted by molar-refractivity contribution is 0.0934. The van der Waals surface area contributed by atoms with Crippen molar-refractivity contribution in [2.45, 2.75) is 33.4 Å². The molecule has 0 atom stereocenters. The fraction of sp³-hybridized carbons (Fsp3) is 0.278. The van der Waals surface area contributed by atoms with Crippen LogP contribution in [-0.2, 0) is 6.54 Å². The van der Waals surface area contributed by atoms with Crippen molar-refractivity contribution in [1.29, 1.82) is 0 Å². The van der Waals surface area contributed by atoms with Gasteiger partial charge in [0.1, 0.15) is 5.69 Å². The first-order valence-electron chi connectivity index (χ1n) is 7.48. The molecule has 0 bridgehead atoms. The second-order valence-corrected chi connectivity index (χ2v) is 6.85. The van der Waals surface area contributed by atoms with Gasteiger partial charge in [0.25, 0.3) is 5.91 Å². The second kappa shape index (κ2) is 5.97. The number of amides is 1. The third-order valence-corrected chi connectivity index (χ3v) is 4.49. The molecule has 1 aromatic carbocycles. The number of thiophene rings is 1. The Morgan fingerprint density at radius 1 is 1.23 bits per heavy atom. The number of carbonyl (C=O) groups is 1. The van der Waals surface area contributed by atoms with E-state index >= 15 is 0 Å². The number of nitrogens with zero attached hydrogens (tertiary/aromatic N) is 1. The Bertz CT molecular complexity index is 796. The maximum atomic E-state index is 12.5. The van der Waals surface area contributed by atoms with Crippen LogP contribution in [0.4, 0.5) is 0 Å². The molecule has 3 rings (SSSR count). The highest BCUT2D eigenvalue weighted by Gasteiger charge is 2.17. The van der Waals surface area contributed by atoms with Crippen LogP contribution in [0.2, 0.25) is 0 Å². The monoisotopic (exact) mass is 312 g/mol. The number of aryl methyl sites for hydroxylation is 1. The van der Waals surface area contributed by atoms with Crippen molar-refractivity contribution < 1.29 is 4.79 Å². The second-order valence-electron chi connectivity index (χ2n) is 5.90.